The van der Waals surface area contributed by atoms with Crippen LogP contribution in [0.5, 0.6) is 5.75 Å². The smallest absolute Gasteiger partial charge is 0.133 e. The molecule has 0 radical (unpaired) electrons. The molecule has 3 N–H and O–H groups in total. The summed E-state index contributed by atoms with van der Waals surface area (Å²) < 4.78 is 0. The van der Waals surface area contributed by atoms with Crippen LogP contribution in [-0.4, -0.2) is 27.8 Å². The number of aliphatic hydroxyl groups is 1. The van der Waals surface area contributed by atoms with Crippen LogP contribution in [0.15, 0.2) is 18.3 Å². The van der Waals surface area contributed by atoms with Gasteiger partial charge in [0.1, 0.15) is 5.75 Å². The topological polar surface area (TPSA) is 65.4 Å². The van der Waals surface area contributed by atoms with Gasteiger partial charge in [0, 0.05) is 13.1 Å². The maximum atomic E-state index is 9.45. The molecule has 0 spiro atoms. The molecule has 4 heteroatoms. The maximum absolute atomic E-state index is 9.45. The minimum absolute atomic E-state index is 0.171. The molecule has 0 aliphatic carbocycles. The van der Waals surface area contributed by atoms with Gasteiger partial charge in [0.25, 0.3) is 0 Å². The molecule has 1 aromatic rings. The molecule has 1 unspecified atom stereocenters. The van der Waals surface area contributed by atoms with Crippen molar-refractivity contribution in [2.45, 2.75) is 32.4 Å². The first kappa shape index (κ1) is 11.9. The monoisotopic (exact) mass is 210 g/mol. The molecule has 4 nitrogen and oxygen atoms in total. The second-order valence-electron chi connectivity index (χ2n) is 3.58. The number of nitrogens with zero attached hydrogens (tertiary/aromatic N) is 1. The maximum Gasteiger partial charge on any atom is 0.133 e. The van der Waals surface area contributed by atoms with Crippen molar-refractivity contribution in [3.05, 3.63) is 24.0 Å². The van der Waals surface area contributed by atoms with E-state index in [9.17, 15) is 5.11 Å². The Balaban J connectivity index is 2.22. The summed E-state index contributed by atoms with van der Waals surface area (Å²) in [5.74, 6) is 0.171. The van der Waals surface area contributed by atoms with Crippen molar-refractivity contribution < 1.29 is 10.2 Å². The zero-order valence-electron chi connectivity index (χ0n) is 8.98. The van der Waals surface area contributed by atoms with Gasteiger partial charge in [-0.15, -0.1) is 0 Å². The van der Waals surface area contributed by atoms with E-state index < -0.39 is 0 Å². The Morgan fingerprint density at radius 2 is 2.27 bits per heavy atom. The van der Waals surface area contributed by atoms with Crippen LogP contribution in [0.1, 0.15) is 25.5 Å². The van der Waals surface area contributed by atoms with Crippen molar-refractivity contribution in [2.75, 3.05) is 6.54 Å². The lowest BCUT2D eigenvalue weighted by Gasteiger charge is -2.10. The average Bonchev–Trinajstić information content (AvgIpc) is 2.21. The van der Waals surface area contributed by atoms with E-state index in [0.717, 1.165) is 18.5 Å². The molecular formula is C11H18N2O2. The molecule has 84 valence electrons. The van der Waals surface area contributed by atoms with Crippen molar-refractivity contribution in [2.24, 2.45) is 0 Å². The lowest BCUT2D eigenvalue weighted by Crippen LogP contribution is -2.26. The zero-order chi connectivity index (χ0) is 11.1. The van der Waals surface area contributed by atoms with Gasteiger partial charge in [-0.3, -0.25) is 4.98 Å². The fourth-order valence-electron chi connectivity index (χ4n) is 1.32. The van der Waals surface area contributed by atoms with Crippen LogP contribution in [0.25, 0.3) is 0 Å². The Labute approximate surface area is 90.0 Å². The number of aliphatic hydroxyl groups excluding tert-OH is 1. The molecule has 0 amide bonds. The molecule has 1 atom stereocenters. The first-order valence-corrected chi connectivity index (χ1v) is 5.25. The van der Waals surface area contributed by atoms with Gasteiger partial charge in [0.05, 0.1) is 18.0 Å². The van der Waals surface area contributed by atoms with Crippen LogP contribution >= 0.6 is 0 Å². The molecule has 0 bridgehead atoms. The third kappa shape index (κ3) is 4.76. The lowest BCUT2D eigenvalue weighted by molar-refractivity contribution is 0.160. The van der Waals surface area contributed by atoms with Crippen LogP contribution in [0.4, 0.5) is 0 Å². The molecule has 1 heterocycles. The third-order valence-electron chi connectivity index (χ3n) is 2.12. The minimum Gasteiger partial charge on any atom is -0.506 e. The van der Waals surface area contributed by atoms with Crippen molar-refractivity contribution in [3.63, 3.8) is 0 Å². The summed E-state index contributed by atoms with van der Waals surface area (Å²) in [5.41, 5.74) is 0.858. The van der Waals surface area contributed by atoms with Crippen molar-refractivity contribution in [1.82, 2.24) is 10.3 Å². The summed E-state index contributed by atoms with van der Waals surface area (Å²) in [4.78, 5) is 4.03. The standard InChI is InChI=1S/C11H18N2O2/c1-2-3-10(14)7-12-6-9-4-5-11(15)8-13-9/h4-5,8,10,12,14-15H,2-3,6-7H2,1H3. The van der Waals surface area contributed by atoms with Gasteiger partial charge in [-0.25, -0.2) is 0 Å². The quantitative estimate of drug-likeness (QED) is 0.656. The Hall–Kier alpha value is -1.13. The van der Waals surface area contributed by atoms with E-state index in [4.69, 9.17) is 5.11 Å². The van der Waals surface area contributed by atoms with Gasteiger partial charge in [-0.1, -0.05) is 13.3 Å². The number of aromatic nitrogens is 1. The van der Waals surface area contributed by atoms with Gasteiger partial charge in [-0.2, -0.15) is 0 Å². The Morgan fingerprint density at radius 1 is 1.47 bits per heavy atom. The van der Waals surface area contributed by atoms with Gasteiger partial charge in [0.2, 0.25) is 0 Å². The number of pyridine rings is 1. The normalized spacial score (nSPS) is 12.7. The molecule has 0 saturated carbocycles. The largest absolute Gasteiger partial charge is 0.506 e. The summed E-state index contributed by atoms with van der Waals surface area (Å²) in [7, 11) is 0. The third-order valence-corrected chi connectivity index (χ3v) is 2.12. The minimum atomic E-state index is -0.285. The predicted molar refractivity (Wildman–Crippen MR) is 58.5 cm³/mol. The van der Waals surface area contributed by atoms with Crippen LogP contribution in [-0.2, 0) is 6.54 Å². The summed E-state index contributed by atoms with van der Waals surface area (Å²) in [6.07, 6.45) is 2.93. The van der Waals surface area contributed by atoms with E-state index in [2.05, 4.69) is 10.3 Å². The van der Waals surface area contributed by atoms with E-state index in [1.165, 1.54) is 6.20 Å². The van der Waals surface area contributed by atoms with Crippen LogP contribution in [0.2, 0.25) is 0 Å². The molecule has 1 aromatic heterocycles. The van der Waals surface area contributed by atoms with E-state index in [0.29, 0.717) is 13.1 Å². The molecule has 0 saturated heterocycles. The molecular weight excluding hydrogens is 192 g/mol. The van der Waals surface area contributed by atoms with E-state index in [1.807, 2.05) is 6.92 Å². The second-order valence-corrected chi connectivity index (χ2v) is 3.58. The van der Waals surface area contributed by atoms with Crippen molar-refractivity contribution in [3.8, 4) is 5.75 Å². The number of nitrogens with one attached hydrogen (secondary N) is 1. The SMILES string of the molecule is CCCC(O)CNCc1ccc(O)cn1. The number of hydrogen-bond donors (Lipinski definition) is 3. The number of hydrogen-bond acceptors (Lipinski definition) is 4. The molecule has 0 aliphatic heterocycles. The van der Waals surface area contributed by atoms with Gasteiger partial charge in [0.15, 0.2) is 0 Å². The van der Waals surface area contributed by atoms with Crippen LogP contribution in [0.3, 0.4) is 0 Å². The summed E-state index contributed by atoms with van der Waals surface area (Å²) >= 11 is 0. The first-order valence-electron chi connectivity index (χ1n) is 5.25. The highest BCUT2D eigenvalue weighted by Gasteiger charge is 2.01. The summed E-state index contributed by atoms with van der Waals surface area (Å²) in [6.45, 7) is 3.24. The van der Waals surface area contributed by atoms with E-state index in [1.54, 1.807) is 12.1 Å². The lowest BCUT2D eigenvalue weighted by atomic mass is 10.2. The molecule has 1 rings (SSSR count). The highest BCUT2D eigenvalue weighted by Crippen LogP contribution is 2.05. The van der Waals surface area contributed by atoms with E-state index >= 15 is 0 Å². The molecule has 0 aliphatic rings. The fourth-order valence-corrected chi connectivity index (χ4v) is 1.32. The van der Waals surface area contributed by atoms with Crippen LogP contribution in [0, 0.1) is 0 Å². The molecule has 15 heavy (non-hydrogen) atoms. The van der Waals surface area contributed by atoms with E-state index in [-0.39, 0.29) is 11.9 Å². The highest BCUT2D eigenvalue weighted by atomic mass is 16.3. The summed E-state index contributed by atoms with van der Waals surface area (Å²) in [5, 5.41) is 21.6. The number of aromatic hydroxyl groups is 1. The molecule has 0 fully saturated rings. The molecule has 0 aromatic carbocycles. The Kier molecular flexibility index (Phi) is 5.07. The first-order chi connectivity index (χ1) is 7.22. The van der Waals surface area contributed by atoms with Crippen LogP contribution < -0.4 is 5.32 Å². The summed E-state index contributed by atoms with van der Waals surface area (Å²) in [6, 6.07) is 3.36. The number of rotatable bonds is 6. The van der Waals surface area contributed by atoms with Gasteiger partial charge < -0.3 is 15.5 Å². The van der Waals surface area contributed by atoms with Crippen molar-refractivity contribution >= 4 is 0 Å². The average molecular weight is 210 g/mol. The van der Waals surface area contributed by atoms with Gasteiger partial charge in [-0.05, 0) is 18.6 Å². The van der Waals surface area contributed by atoms with Crippen molar-refractivity contribution in [1.29, 1.82) is 0 Å². The zero-order valence-corrected chi connectivity index (χ0v) is 8.98. The predicted octanol–water partition coefficient (Wildman–Crippen LogP) is 1.04. The fraction of sp³-hybridized carbons (Fsp3) is 0.545. The Bertz CT molecular complexity index is 274. The van der Waals surface area contributed by atoms with Gasteiger partial charge >= 0.3 is 0 Å². The Morgan fingerprint density at radius 3 is 2.87 bits per heavy atom. The second kappa shape index (κ2) is 6.37. The highest BCUT2D eigenvalue weighted by molar-refractivity contribution is 5.17.